The Bertz CT molecular complexity index is 1070. The second-order valence-electron chi connectivity index (χ2n) is 6.42. The molecule has 0 spiro atoms. The maximum atomic E-state index is 14.2. The summed E-state index contributed by atoms with van der Waals surface area (Å²) in [6.45, 7) is 0.856. The molecule has 2 aromatic rings. The fourth-order valence-electron chi connectivity index (χ4n) is 3.09. The van der Waals surface area contributed by atoms with E-state index in [0.717, 1.165) is 34.8 Å². The number of methoxy groups -OCH3 is 1. The van der Waals surface area contributed by atoms with Crippen molar-refractivity contribution in [2.75, 3.05) is 20.2 Å². The lowest BCUT2D eigenvalue weighted by Crippen LogP contribution is -2.60. The number of hydrogen-bond donors (Lipinski definition) is 1. The number of aryl methyl sites for hydroxylation is 1. The van der Waals surface area contributed by atoms with Crippen LogP contribution in [0.1, 0.15) is 15.9 Å². The number of benzene rings is 1. The second-order valence-corrected chi connectivity index (χ2v) is 6.42. The highest BCUT2D eigenvalue weighted by molar-refractivity contribution is 6.00. The van der Waals surface area contributed by atoms with Crippen LogP contribution in [0.3, 0.4) is 0 Å². The molecule has 1 aliphatic rings. The molecule has 10 heteroatoms. The number of carbonyl (C=O) groups excluding carboxylic acids is 3. The number of aromatic nitrogens is 1. The summed E-state index contributed by atoms with van der Waals surface area (Å²) >= 11 is 0. The lowest BCUT2D eigenvalue weighted by molar-refractivity contribution is -0.147. The minimum Gasteiger partial charge on any atom is -0.467 e. The molecule has 8 nitrogen and oxygen atoms in total. The Labute approximate surface area is 163 Å². The number of pyridine rings is 1. The zero-order valence-electron chi connectivity index (χ0n) is 15.6. The maximum absolute atomic E-state index is 14.2. The van der Waals surface area contributed by atoms with E-state index < -0.39 is 47.6 Å². The predicted molar refractivity (Wildman–Crippen MR) is 96.5 cm³/mol. The average Bonchev–Trinajstić information content (AvgIpc) is 2.69. The van der Waals surface area contributed by atoms with Crippen LogP contribution >= 0.6 is 0 Å². The van der Waals surface area contributed by atoms with Gasteiger partial charge in [0.15, 0.2) is 0 Å². The monoisotopic (exact) mass is 405 g/mol. The predicted octanol–water partition coefficient (Wildman–Crippen LogP) is 0.538. The van der Waals surface area contributed by atoms with Crippen LogP contribution in [0.25, 0.3) is 5.69 Å². The van der Waals surface area contributed by atoms with Gasteiger partial charge < -0.3 is 15.0 Å². The third-order valence-electron chi connectivity index (χ3n) is 4.60. The molecule has 1 saturated heterocycles. The first-order valence-corrected chi connectivity index (χ1v) is 8.57. The number of nitrogens with zero attached hydrogens (tertiary/aromatic N) is 2. The SMILES string of the molecule is COC(=O)C1CNC(=O)CN1C(=O)c1c(C)ccn(-c2cc(F)ccc2F)c1=O. The molecule has 1 fully saturated rings. The summed E-state index contributed by atoms with van der Waals surface area (Å²) < 4.78 is 33.2. The summed E-state index contributed by atoms with van der Waals surface area (Å²) in [5, 5.41) is 2.46. The summed E-state index contributed by atoms with van der Waals surface area (Å²) in [5.41, 5.74) is -1.39. The number of nitrogens with one attached hydrogen (secondary N) is 1. The van der Waals surface area contributed by atoms with E-state index >= 15 is 0 Å². The van der Waals surface area contributed by atoms with Crippen LogP contribution < -0.4 is 10.9 Å². The molecule has 1 N–H and O–H groups in total. The van der Waals surface area contributed by atoms with Gasteiger partial charge in [0, 0.05) is 18.8 Å². The maximum Gasteiger partial charge on any atom is 0.330 e. The van der Waals surface area contributed by atoms with Crippen LogP contribution in [0, 0.1) is 18.6 Å². The van der Waals surface area contributed by atoms with E-state index in [1.807, 2.05) is 0 Å². The molecule has 29 heavy (non-hydrogen) atoms. The van der Waals surface area contributed by atoms with Gasteiger partial charge in [-0.05, 0) is 30.7 Å². The number of piperazine rings is 1. The van der Waals surface area contributed by atoms with Gasteiger partial charge in [-0.25, -0.2) is 13.6 Å². The van der Waals surface area contributed by atoms with Crippen LogP contribution in [0.2, 0.25) is 0 Å². The molecule has 3 rings (SSSR count). The molecule has 1 aliphatic heterocycles. The van der Waals surface area contributed by atoms with Gasteiger partial charge in [0.1, 0.15) is 29.8 Å². The van der Waals surface area contributed by atoms with Crippen molar-refractivity contribution in [2.24, 2.45) is 0 Å². The smallest absolute Gasteiger partial charge is 0.330 e. The summed E-state index contributed by atoms with van der Waals surface area (Å²) in [5.74, 6) is -3.78. The fourth-order valence-corrected chi connectivity index (χ4v) is 3.09. The van der Waals surface area contributed by atoms with Gasteiger partial charge in [0.2, 0.25) is 5.91 Å². The van der Waals surface area contributed by atoms with E-state index in [0.29, 0.717) is 0 Å². The molecular formula is C19H17F2N3O5. The Morgan fingerprint density at radius 2 is 1.93 bits per heavy atom. The molecule has 0 bridgehead atoms. The van der Waals surface area contributed by atoms with Crippen LogP contribution in [0.15, 0.2) is 35.3 Å². The topological polar surface area (TPSA) is 97.7 Å². The number of ether oxygens (including phenoxy) is 1. The summed E-state index contributed by atoms with van der Waals surface area (Å²) in [7, 11) is 1.13. The molecule has 1 aromatic heterocycles. The Morgan fingerprint density at radius 1 is 1.21 bits per heavy atom. The lowest BCUT2D eigenvalue weighted by atomic mass is 10.1. The van der Waals surface area contributed by atoms with Crippen molar-refractivity contribution in [1.29, 1.82) is 0 Å². The molecule has 1 aromatic carbocycles. The number of carbonyl (C=O) groups is 3. The normalized spacial score (nSPS) is 16.3. The molecule has 2 heterocycles. The van der Waals surface area contributed by atoms with Crippen molar-refractivity contribution in [1.82, 2.24) is 14.8 Å². The lowest BCUT2D eigenvalue weighted by Gasteiger charge is -2.33. The number of halogens is 2. The highest BCUT2D eigenvalue weighted by atomic mass is 19.1. The van der Waals surface area contributed by atoms with Gasteiger partial charge in [0.25, 0.3) is 11.5 Å². The molecule has 152 valence electrons. The Morgan fingerprint density at radius 3 is 2.62 bits per heavy atom. The number of amides is 2. The average molecular weight is 405 g/mol. The van der Waals surface area contributed by atoms with Gasteiger partial charge in [-0.3, -0.25) is 19.0 Å². The van der Waals surface area contributed by atoms with Crippen LogP contribution in [-0.4, -0.2) is 53.5 Å². The van der Waals surface area contributed by atoms with E-state index in [9.17, 15) is 28.0 Å². The van der Waals surface area contributed by atoms with Crippen LogP contribution in [-0.2, 0) is 14.3 Å². The van der Waals surface area contributed by atoms with E-state index in [2.05, 4.69) is 10.1 Å². The third kappa shape index (κ3) is 3.73. The number of rotatable bonds is 3. The molecule has 1 unspecified atom stereocenters. The molecule has 2 amide bonds. The standard InChI is InChI=1S/C19H17F2N3O5/c1-10-5-6-23(13-7-11(20)3-4-12(13)21)17(26)16(10)18(27)24-9-15(25)22-8-14(24)19(28)29-2/h3-7,14H,8-9H2,1-2H3,(H,22,25). The van der Waals surface area contributed by atoms with E-state index in [1.54, 1.807) is 0 Å². The zero-order valence-corrected chi connectivity index (χ0v) is 15.6. The Kier molecular flexibility index (Phi) is 5.44. The van der Waals surface area contributed by atoms with Gasteiger partial charge in [-0.2, -0.15) is 0 Å². The first kappa shape index (κ1) is 20.2. The van der Waals surface area contributed by atoms with Crippen molar-refractivity contribution in [3.05, 3.63) is 63.6 Å². The summed E-state index contributed by atoms with van der Waals surface area (Å²) in [4.78, 5) is 50.8. The van der Waals surface area contributed by atoms with Crippen molar-refractivity contribution >= 4 is 17.8 Å². The minimum absolute atomic E-state index is 0.171. The zero-order chi connectivity index (χ0) is 21.3. The highest BCUT2D eigenvalue weighted by Crippen LogP contribution is 2.17. The molecule has 1 atom stereocenters. The fraction of sp³-hybridized carbons (Fsp3) is 0.263. The van der Waals surface area contributed by atoms with E-state index in [1.165, 1.54) is 19.2 Å². The molecule has 0 radical (unpaired) electrons. The van der Waals surface area contributed by atoms with E-state index in [-0.39, 0.29) is 23.4 Å². The highest BCUT2D eigenvalue weighted by Gasteiger charge is 2.38. The minimum atomic E-state index is -1.12. The molecule has 0 aliphatic carbocycles. The summed E-state index contributed by atoms with van der Waals surface area (Å²) in [6, 6.07) is 2.85. The molecular weight excluding hydrogens is 388 g/mol. The van der Waals surface area contributed by atoms with Gasteiger partial charge in [-0.15, -0.1) is 0 Å². The molecule has 0 saturated carbocycles. The van der Waals surface area contributed by atoms with Crippen molar-refractivity contribution in [3.8, 4) is 5.69 Å². The quantitative estimate of drug-likeness (QED) is 0.752. The van der Waals surface area contributed by atoms with Crippen molar-refractivity contribution < 1.29 is 27.9 Å². The first-order valence-electron chi connectivity index (χ1n) is 8.57. The van der Waals surface area contributed by atoms with Gasteiger partial charge in [0.05, 0.1) is 12.8 Å². The summed E-state index contributed by atoms with van der Waals surface area (Å²) in [6.07, 6.45) is 1.22. The largest absolute Gasteiger partial charge is 0.467 e. The van der Waals surface area contributed by atoms with Gasteiger partial charge >= 0.3 is 5.97 Å². The van der Waals surface area contributed by atoms with Crippen molar-refractivity contribution in [2.45, 2.75) is 13.0 Å². The third-order valence-corrected chi connectivity index (χ3v) is 4.60. The first-order chi connectivity index (χ1) is 13.7. The second kappa shape index (κ2) is 7.82. The van der Waals surface area contributed by atoms with Crippen LogP contribution in [0.5, 0.6) is 0 Å². The van der Waals surface area contributed by atoms with E-state index in [4.69, 9.17) is 0 Å². The van der Waals surface area contributed by atoms with Crippen LogP contribution in [0.4, 0.5) is 8.78 Å². The van der Waals surface area contributed by atoms with Crippen molar-refractivity contribution in [3.63, 3.8) is 0 Å². The Balaban J connectivity index is 2.11. The number of esters is 1. The Hall–Kier alpha value is -3.56. The number of hydrogen-bond acceptors (Lipinski definition) is 5. The van der Waals surface area contributed by atoms with Gasteiger partial charge in [-0.1, -0.05) is 0 Å².